The van der Waals surface area contributed by atoms with Gasteiger partial charge in [-0.05, 0) is 70.6 Å². The van der Waals surface area contributed by atoms with Gasteiger partial charge in [0.05, 0.1) is 76.8 Å². The normalized spacial score (nSPS) is 14.5. The van der Waals surface area contributed by atoms with Gasteiger partial charge < -0.3 is 55.5 Å². The molecule has 0 aromatic carbocycles. The largest absolute Gasteiger partial charge is 0.472 e. The minimum atomic E-state index is -4.76. The van der Waals surface area contributed by atoms with E-state index in [0.29, 0.717) is 44.9 Å². The number of allylic oxidation sites excluding steroid dienone is 2. The summed E-state index contributed by atoms with van der Waals surface area (Å²) in [6, 6.07) is -1.88. The van der Waals surface area contributed by atoms with Crippen LogP contribution in [-0.4, -0.2) is 152 Å². The minimum absolute atomic E-state index is 0.132. The predicted octanol–water partition coefficient (Wildman–Crippen LogP) is 13.7. The van der Waals surface area contributed by atoms with Crippen LogP contribution in [0.5, 0.6) is 0 Å². The first kappa shape index (κ1) is 91.8. The topological polar surface area (TPSA) is 330 Å². The van der Waals surface area contributed by atoms with Gasteiger partial charge in [0.25, 0.3) is 0 Å². The van der Waals surface area contributed by atoms with Crippen molar-refractivity contribution in [1.29, 1.82) is 0 Å². The third-order valence-corrected chi connectivity index (χ3v) is 18.0. The molecule has 0 heterocycles. The molecule has 4 amide bonds. The summed E-state index contributed by atoms with van der Waals surface area (Å²) in [6.45, 7) is 8.41. The van der Waals surface area contributed by atoms with Crippen molar-refractivity contribution in [2.75, 3.05) is 65.9 Å². The lowest BCUT2D eigenvalue weighted by Gasteiger charge is -2.23. The molecule has 0 aromatic heterocycles. The molecule has 25 heteroatoms. The second-order valence-corrected chi connectivity index (χ2v) is 28.3. The number of carbonyl (C=O) groups is 6. The average molecular weight is 1400 g/mol. The number of esters is 1. The molecule has 6 unspecified atom stereocenters. The molecule has 558 valence electrons. The molecule has 0 rings (SSSR count). The van der Waals surface area contributed by atoms with Crippen LogP contribution in [0.25, 0.3) is 0 Å². The number of aliphatic hydroxyl groups is 2. The van der Waals surface area contributed by atoms with Crippen LogP contribution in [0, 0.1) is 0 Å². The zero-order valence-electron chi connectivity index (χ0n) is 59.6. The Balaban J connectivity index is 5.29. The van der Waals surface area contributed by atoms with E-state index >= 15 is 0 Å². The summed E-state index contributed by atoms with van der Waals surface area (Å²) in [5.74, 6) is -2.83. The summed E-state index contributed by atoms with van der Waals surface area (Å²) in [7, 11) is -9.49. The van der Waals surface area contributed by atoms with Crippen molar-refractivity contribution in [3.63, 3.8) is 0 Å². The first-order chi connectivity index (χ1) is 45.8. The van der Waals surface area contributed by atoms with Crippen LogP contribution in [0.1, 0.15) is 304 Å². The molecule has 0 aliphatic heterocycles. The summed E-state index contributed by atoms with van der Waals surface area (Å²) in [5, 5.41) is 31.4. The molecule has 0 spiro atoms. The van der Waals surface area contributed by atoms with E-state index in [9.17, 15) is 57.9 Å². The third kappa shape index (κ3) is 62.8. The smallest absolute Gasteiger partial charge is 0.462 e. The predicted molar refractivity (Wildman–Crippen MR) is 373 cm³/mol. The molecule has 8 N–H and O–H groups in total. The number of amides is 4. The number of rotatable bonds is 71. The Bertz CT molecular complexity index is 2040. The number of aliphatic hydroxyl groups excluding tert-OH is 2. The Labute approximate surface area is 572 Å². The number of hydrogen-bond acceptors (Lipinski definition) is 17. The van der Waals surface area contributed by atoms with Crippen LogP contribution in [0.2, 0.25) is 0 Å². The van der Waals surface area contributed by atoms with E-state index in [0.717, 1.165) is 135 Å². The van der Waals surface area contributed by atoms with E-state index < -0.39 is 96.1 Å². The number of ether oxygens (including phenoxy) is 3. The van der Waals surface area contributed by atoms with Gasteiger partial charge in [0.2, 0.25) is 23.6 Å². The van der Waals surface area contributed by atoms with Crippen molar-refractivity contribution in [3.8, 4) is 0 Å². The Kier molecular flexibility index (Phi) is 62.1. The maximum Gasteiger partial charge on any atom is 0.472 e. The Morgan fingerprint density at radius 1 is 0.400 bits per heavy atom. The summed E-state index contributed by atoms with van der Waals surface area (Å²) < 4.78 is 64.0. The Morgan fingerprint density at radius 2 is 0.789 bits per heavy atom. The highest BCUT2D eigenvalue weighted by Crippen LogP contribution is 2.43. The van der Waals surface area contributed by atoms with Gasteiger partial charge in [-0.1, -0.05) is 207 Å². The van der Waals surface area contributed by atoms with Crippen LogP contribution >= 0.6 is 15.6 Å². The maximum absolute atomic E-state index is 13.6. The van der Waals surface area contributed by atoms with Gasteiger partial charge in [-0.15, -0.1) is 0 Å². The number of nitrogens with one attached hydrogen (secondary N) is 4. The number of ketones is 1. The second-order valence-electron chi connectivity index (χ2n) is 25.4. The fourth-order valence-electron chi connectivity index (χ4n) is 10.3. The van der Waals surface area contributed by atoms with Crippen molar-refractivity contribution < 1.29 is 90.2 Å². The fourth-order valence-corrected chi connectivity index (χ4v) is 11.9. The Morgan fingerprint density at radius 3 is 1.24 bits per heavy atom. The van der Waals surface area contributed by atoms with Crippen LogP contribution in [0.4, 0.5) is 0 Å². The minimum Gasteiger partial charge on any atom is -0.462 e. The number of carbonyl (C=O) groups excluding carboxylic acids is 6. The quantitative estimate of drug-likeness (QED) is 0.00922. The van der Waals surface area contributed by atoms with E-state index in [-0.39, 0.29) is 89.8 Å². The van der Waals surface area contributed by atoms with Crippen LogP contribution in [0.15, 0.2) is 12.2 Å². The third-order valence-electron chi connectivity index (χ3n) is 16.1. The first-order valence-corrected chi connectivity index (χ1v) is 40.0. The lowest BCUT2D eigenvalue weighted by Crippen LogP contribution is -2.43. The molecular formula is C70H134N4O19P2. The molecule has 0 fully saturated rings. The van der Waals surface area contributed by atoms with Crippen molar-refractivity contribution in [2.24, 2.45) is 0 Å². The molecule has 95 heavy (non-hydrogen) atoms. The van der Waals surface area contributed by atoms with E-state index in [4.69, 9.17) is 32.3 Å². The van der Waals surface area contributed by atoms with E-state index in [1.54, 1.807) is 0 Å². The SMILES string of the molecule is CCCCCCC=CCCCC(=O)O[C@H](CCCCCCC)CC(=O)NC(COCCC(O)CCCCCCC)COP(=O)(O)OCCNC(=O)CCC(=O)NCCOP(=O)(O)OCC(COCCC(O)CCCCCCC)NC(=O)CC(=O)CCCCCCCCCCC. The summed E-state index contributed by atoms with van der Waals surface area (Å²) in [5.41, 5.74) is 0. The first-order valence-electron chi connectivity index (χ1n) is 37.0. The molecule has 0 aliphatic carbocycles. The molecule has 0 radical (unpaired) electrons. The highest BCUT2D eigenvalue weighted by Gasteiger charge is 2.28. The van der Waals surface area contributed by atoms with Crippen LogP contribution in [-0.2, 0) is 70.2 Å². The van der Waals surface area contributed by atoms with Gasteiger partial charge in [0.1, 0.15) is 11.9 Å². The monoisotopic (exact) mass is 1400 g/mol. The molecular weight excluding hydrogens is 1260 g/mol. The molecule has 0 aliphatic rings. The summed E-state index contributed by atoms with van der Waals surface area (Å²) in [4.78, 5) is 98.5. The highest BCUT2D eigenvalue weighted by molar-refractivity contribution is 7.47. The molecule has 0 bridgehead atoms. The Hall–Kier alpha value is -3.18. The van der Waals surface area contributed by atoms with Crippen LogP contribution < -0.4 is 21.3 Å². The summed E-state index contributed by atoms with van der Waals surface area (Å²) >= 11 is 0. The highest BCUT2D eigenvalue weighted by atomic mass is 31.2. The zero-order valence-corrected chi connectivity index (χ0v) is 61.4. The number of phosphoric ester groups is 2. The second kappa shape index (κ2) is 64.2. The standard InChI is InChI=1S/C70H134N4O19P2/c1-6-11-16-21-23-25-27-32-36-41-64(77)54-68(80)73-60(56-87-50-46-62(75)39-34-29-18-13-8-3)58-91-94(83,84)89-52-48-71-66(78)44-45-67(79)72-49-53-90-95(85,86)92-59-61(57-88-51-47-63(76)40-35-30-19-14-9-4)74-69(81)55-65(42-37-31-20-15-10-5)93-70(82)43-38-33-28-26-24-22-17-12-7-2/h26,28,60-63,65,75-76H,6-25,27,29-59H2,1-5H3,(H,71,78)(H,72,79)(H,73,80)(H,74,81)(H,83,84)(H,85,86)/t60?,61?,62?,63?,65-/m1/s1. The molecule has 0 saturated heterocycles. The van der Waals surface area contributed by atoms with E-state index in [2.05, 4.69) is 68.0 Å². The van der Waals surface area contributed by atoms with Gasteiger partial charge in [0, 0.05) is 52.0 Å². The average Bonchev–Trinajstić information content (AvgIpc) is 1.40. The van der Waals surface area contributed by atoms with E-state index in [1.165, 1.54) is 51.4 Å². The number of Topliss-reactive ketones (excluding diaryl/α,β-unsaturated/α-hetero) is 1. The summed E-state index contributed by atoms with van der Waals surface area (Å²) in [6.07, 6.45) is 36.7. The van der Waals surface area contributed by atoms with Gasteiger partial charge >= 0.3 is 21.6 Å². The lowest BCUT2D eigenvalue weighted by molar-refractivity contribution is -0.151. The number of hydrogen-bond donors (Lipinski definition) is 8. The zero-order chi connectivity index (χ0) is 70.3. The van der Waals surface area contributed by atoms with E-state index in [1.807, 2.05) is 0 Å². The molecule has 7 atom stereocenters. The fraction of sp³-hybridized carbons (Fsp3) is 0.886. The molecule has 0 saturated carbocycles. The number of unbranched alkanes of at least 4 members (excludes halogenated alkanes) is 25. The van der Waals surface area contributed by atoms with Crippen molar-refractivity contribution in [1.82, 2.24) is 21.3 Å². The molecule has 23 nitrogen and oxygen atoms in total. The van der Waals surface area contributed by atoms with Gasteiger partial charge in [-0.2, -0.15) is 0 Å². The van der Waals surface area contributed by atoms with Crippen molar-refractivity contribution >= 4 is 51.0 Å². The number of phosphoric acid groups is 2. The van der Waals surface area contributed by atoms with Gasteiger partial charge in [-0.25, -0.2) is 9.13 Å². The van der Waals surface area contributed by atoms with Gasteiger partial charge in [-0.3, -0.25) is 46.9 Å². The van der Waals surface area contributed by atoms with Gasteiger partial charge in [0.15, 0.2) is 0 Å². The van der Waals surface area contributed by atoms with Crippen LogP contribution in [0.3, 0.4) is 0 Å². The molecule has 0 aromatic rings. The van der Waals surface area contributed by atoms with Crippen molar-refractivity contribution in [3.05, 3.63) is 12.2 Å². The van der Waals surface area contributed by atoms with Crippen molar-refractivity contribution in [2.45, 2.75) is 335 Å². The maximum atomic E-state index is 13.6. The lowest BCUT2D eigenvalue weighted by atomic mass is 10.0.